The molecule has 6 nitrogen and oxygen atoms in total. The standard InChI is InChI=1S/C18H15N5OS/c24-18(14-6-7-15-17(10-14)25-12-19-15)22-16(11-23-20-8-9-21-23)13-4-2-1-3-5-13/h1-10,12,16H,11H2,(H,22,24)/t16-/m0/s1. The molecule has 0 spiro atoms. The van der Waals surface area contributed by atoms with E-state index in [-0.39, 0.29) is 11.9 Å². The molecular formula is C18H15N5OS. The van der Waals surface area contributed by atoms with E-state index < -0.39 is 0 Å². The molecule has 0 aliphatic rings. The molecule has 1 amide bonds. The fourth-order valence-electron chi connectivity index (χ4n) is 2.66. The lowest BCUT2D eigenvalue weighted by Crippen LogP contribution is -2.32. The Kier molecular flexibility index (Phi) is 4.22. The monoisotopic (exact) mass is 349 g/mol. The van der Waals surface area contributed by atoms with Crippen molar-refractivity contribution in [3.63, 3.8) is 0 Å². The largest absolute Gasteiger partial charge is 0.343 e. The molecule has 1 atom stereocenters. The molecule has 2 aromatic heterocycles. The van der Waals surface area contributed by atoms with Crippen molar-refractivity contribution in [1.82, 2.24) is 25.3 Å². The second-order valence-electron chi connectivity index (χ2n) is 5.56. The molecule has 2 heterocycles. The van der Waals surface area contributed by atoms with E-state index in [1.54, 1.807) is 28.8 Å². The summed E-state index contributed by atoms with van der Waals surface area (Å²) < 4.78 is 0.998. The number of fused-ring (bicyclic) bond motifs is 1. The second kappa shape index (κ2) is 6.82. The molecule has 4 rings (SSSR count). The Morgan fingerprint density at radius 1 is 1.12 bits per heavy atom. The highest BCUT2D eigenvalue weighted by Gasteiger charge is 2.17. The quantitative estimate of drug-likeness (QED) is 0.601. The van der Waals surface area contributed by atoms with Crippen molar-refractivity contribution in [3.05, 3.63) is 77.6 Å². The van der Waals surface area contributed by atoms with E-state index in [1.807, 2.05) is 42.5 Å². The summed E-state index contributed by atoms with van der Waals surface area (Å²) in [6.45, 7) is 0.464. The summed E-state index contributed by atoms with van der Waals surface area (Å²) in [5.41, 5.74) is 4.31. The summed E-state index contributed by atoms with van der Waals surface area (Å²) in [6.07, 6.45) is 3.25. The lowest BCUT2D eigenvalue weighted by Gasteiger charge is -2.19. The minimum Gasteiger partial charge on any atom is -0.343 e. The normalized spacial score (nSPS) is 12.2. The third kappa shape index (κ3) is 3.41. The van der Waals surface area contributed by atoms with Crippen LogP contribution in [-0.2, 0) is 6.54 Å². The van der Waals surface area contributed by atoms with Crippen LogP contribution in [0.3, 0.4) is 0 Å². The van der Waals surface area contributed by atoms with E-state index in [0.717, 1.165) is 15.8 Å². The molecule has 124 valence electrons. The maximum absolute atomic E-state index is 12.7. The van der Waals surface area contributed by atoms with Crippen LogP contribution in [0.15, 0.2) is 66.4 Å². The number of aromatic nitrogens is 4. The number of hydrogen-bond acceptors (Lipinski definition) is 5. The van der Waals surface area contributed by atoms with Crippen LogP contribution >= 0.6 is 11.3 Å². The predicted octanol–water partition coefficient (Wildman–Crippen LogP) is 3.06. The summed E-state index contributed by atoms with van der Waals surface area (Å²) >= 11 is 1.52. The molecule has 0 saturated carbocycles. The Bertz CT molecular complexity index is 981. The van der Waals surface area contributed by atoms with Crippen molar-refractivity contribution in [3.8, 4) is 0 Å². The highest BCUT2D eigenvalue weighted by Crippen LogP contribution is 2.20. The zero-order valence-corrected chi connectivity index (χ0v) is 14.1. The number of thiazole rings is 1. The van der Waals surface area contributed by atoms with Gasteiger partial charge in [-0.3, -0.25) is 4.79 Å². The van der Waals surface area contributed by atoms with Gasteiger partial charge < -0.3 is 5.32 Å². The molecule has 1 N–H and O–H groups in total. The van der Waals surface area contributed by atoms with Crippen LogP contribution in [0, 0.1) is 0 Å². The van der Waals surface area contributed by atoms with Gasteiger partial charge >= 0.3 is 0 Å². The first kappa shape index (κ1) is 15.5. The number of benzene rings is 2. The zero-order valence-electron chi connectivity index (χ0n) is 13.2. The smallest absolute Gasteiger partial charge is 0.251 e. The van der Waals surface area contributed by atoms with Crippen LogP contribution in [0.5, 0.6) is 0 Å². The van der Waals surface area contributed by atoms with Crippen molar-refractivity contribution in [2.75, 3.05) is 0 Å². The summed E-state index contributed by atoms with van der Waals surface area (Å²) in [4.78, 5) is 18.6. The lowest BCUT2D eigenvalue weighted by atomic mass is 10.1. The lowest BCUT2D eigenvalue weighted by molar-refractivity contribution is 0.0931. The van der Waals surface area contributed by atoms with Crippen LogP contribution in [0.1, 0.15) is 22.0 Å². The summed E-state index contributed by atoms with van der Waals surface area (Å²) in [7, 11) is 0. The minimum absolute atomic E-state index is 0.128. The molecule has 4 aromatic rings. The van der Waals surface area contributed by atoms with E-state index in [0.29, 0.717) is 12.1 Å². The topological polar surface area (TPSA) is 72.7 Å². The first-order valence-electron chi connectivity index (χ1n) is 7.83. The Hall–Kier alpha value is -3.06. The van der Waals surface area contributed by atoms with Crippen molar-refractivity contribution >= 4 is 27.5 Å². The molecule has 0 aliphatic heterocycles. The minimum atomic E-state index is -0.224. The van der Waals surface area contributed by atoms with Crippen molar-refractivity contribution in [2.24, 2.45) is 0 Å². The predicted molar refractivity (Wildman–Crippen MR) is 96.3 cm³/mol. The van der Waals surface area contributed by atoms with Crippen LogP contribution in [-0.4, -0.2) is 25.9 Å². The van der Waals surface area contributed by atoms with Crippen LogP contribution < -0.4 is 5.32 Å². The van der Waals surface area contributed by atoms with E-state index in [2.05, 4.69) is 20.5 Å². The third-order valence-electron chi connectivity index (χ3n) is 3.91. The zero-order chi connectivity index (χ0) is 17.1. The molecule has 0 radical (unpaired) electrons. The van der Waals surface area contributed by atoms with Crippen LogP contribution in [0.25, 0.3) is 10.2 Å². The van der Waals surface area contributed by atoms with Gasteiger partial charge in [-0.2, -0.15) is 15.0 Å². The number of amides is 1. The third-order valence-corrected chi connectivity index (χ3v) is 4.70. The summed E-state index contributed by atoms with van der Waals surface area (Å²) in [6, 6.07) is 15.1. The van der Waals surface area contributed by atoms with Gasteiger partial charge in [-0.25, -0.2) is 4.98 Å². The number of rotatable bonds is 5. The van der Waals surface area contributed by atoms with Crippen molar-refractivity contribution in [1.29, 1.82) is 0 Å². The highest BCUT2D eigenvalue weighted by molar-refractivity contribution is 7.16. The van der Waals surface area contributed by atoms with Gasteiger partial charge in [0.1, 0.15) is 0 Å². The number of nitrogens with one attached hydrogen (secondary N) is 1. The summed E-state index contributed by atoms with van der Waals surface area (Å²) in [5, 5.41) is 11.4. The van der Waals surface area contributed by atoms with E-state index >= 15 is 0 Å². The molecule has 0 aliphatic carbocycles. The molecule has 0 unspecified atom stereocenters. The molecule has 25 heavy (non-hydrogen) atoms. The van der Waals surface area contributed by atoms with Gasteiger partial charge in [0, 0.05) is 5.56 Å². The first-order chi connectivity index (χ1) is 12.3. The summed E-state index contributed by atoms with van der Waals surface area (Å²) in [5.74, 6) is -0.128. The maximum Gasteiger partial charge on any atom is 0.251 e. The Labute approximate surface area is 148 Å². The molecule has 2 aromatic carbocycles. The van der Waals surface area contributed by atoms with E-state index in [9.17, 15) is 4.79 Å². The Morgan fingerprint density at radius 2 is 1.92 bits per heavy atom. The van der Waals surface area contributed by atoms with E-state index in [1.165, 1.54) is 11.3 Å². The fraction of sp³-hybridized carbons (Fsp3) is 0.111. The van der Waals surface area contributed by atoms with Gasteiger partial charge in [0.25, 0.3) is 5.91 Å². The highest BCUT2D eigenvalue weighted by atomic mass is 32.1. The number of carbonyl (C=O) groups is 1. The van der Waals surface area contributed by atoms with Gasteiger partial charge in [0.15, 0.2) is 0 Å². The fourth-order valence-corrected chi connectivity index (χ4v) is 3.37. The molecular weight excluding hydrogens is 334 g/mol. The van der Waals surface area contributed by atoms with Crippen LogP contribution in [0.4, 0.5) is 0 Å². The molecule has 0 saturated heterocycles. The maximum atomic E-state index is 12.7. The molecule has 7 heteroatoms. The average Bonchev–Trinajstić information content (AvgIpc) is 3.32. The van der Waals surface area contributed by atoms with Gasteiger partial charge in [-0.1, -0.05) is 30.3 Å². The van der Waals surface area contributed by atoms with Gasteiger partial charge in [0.2, 0.25) is 0 Å². The Morgan fingerprint density at radius 3 is 2.72 bits per heavy atom. The Balaban J connectivity index is 1.59. The SMILES string of the molecule is O=C(N[C@@H](Cn1nccn1)c1ccccc1)c1ccc2ncsc2c1. The average molecular weight is 349 g/mol. The first-order valence-corrected chi connectivity index (χ1v) is 8.71. The van der Waals surface area contributed by atoms with Gasteiger partial charge in [0.05, 0.1) is 40.7 Å². The van der Waals surface area contributed by atoms with Gasteiger partial charge in [-0.15, -0.1) is 11.3 Å². The van der Waals surface area contributed by atoms with Crippen LogP contribution in [0.2, 0.25) is 0 Å². The van der Waals surface area contributed by atoms with Crippen molar-refractivity contribution in [2.45, 2.75) is 12.6 Å². The van der Waals surface area contributed by atoms with E-state index in [4.69, 9.17) is 0 Å². The van der Waals surface area contributed by atoms with Crippen molar-refractivity contribution < 1.29 is 4.79 Å². The van der Waals surface area contributed by atoms with Gasteiger partial charge in [-0.05, 0) is 23.8 Å². The number of hydrogen-bond donors (Lipinski definition) is 1. The number of nitrogens with zero attached hydrogens (tertiary/aromatic N) is 4. The molecule has 0 fully saturated rings. The molecule has 0 bridgehead atoms. The second-order valence-corrected chi connectivity index (χ2v) is 6.44. The number of carbonyl (C=O) groups excluding carboxylic acids is 1.